The molecule has 3 nitrogen and oxygen atoms in total. The first-order valence-electron chi connectivity index (χ1n) is 3.79. The van der Waals surface area contributed by atoms with Gasteiger partial charge in [-0.05, 0) is 22.0 Å². The summed E-state index contributed by atoms with van der Waals surface area (Å²) in [4.78, 5) is 17.1. The van der Waals surface area contributed by atoms with Crippen molar-refractivity contribution in [1.82, 2.24) is 9.88 Å². The minimum absolute atomic E-state index is 0.0428. The molecule has 1 amide bonds. The summed E-state index contributed by atoms with van der Waals surface area (Å²) >= 11 is 9.03. The van der Waals surface area contributed by atoms with Gasteiger partial charge in [0.2, 0.25) is 0 Å². The van der Waals surface area contributed by atoms with E-state index in [1.807, 2.05) is 0 Å². The van der Waals surface area contributed by atoms with Gasteiger partial charge in [-0.2, -0.15) is 0 Å². The molecule has 0 aliphatic carbocycles. The van der Waals surface area contributed by atoms with Crippen LogP contribution in [-0.4, -0.2) is 28.9 Å². The van der Waals surface area contributed by atoms with Crippen LogP contribution in [0.1, 0.15) is 10.4 Å². The first-order chi connectivity index (χ1) is 6.18. The number of hydrogen-bond acceptors (Lipinski definition) is 2. The number of aromatic nitrogens is 1. The van der Waals surface area contributed by atoms with Gasteiger partial charge in [0.05, 0.1) is 5.56 Å². The fraction of sp³-hybridized carbons (Fsp3) is 0.250. The van der Waals surface area contributed by atoms with Gasteiger partial charge in [0.25, 0.3) is 5.91 Å². The number of amides is 1. The molecule has 0 radical (unpaired) electrons. The lowest BCUT2D eigenvalue weighted by atomic mass is 10.3. The predicted octanol–water partition coefficient (Wildman–Crippen LogP) is 1.95. The molecule has 2 heterocycles. The molecule has 0 saturated carbocycles. The van der Waals surface area contributed by atoms with Crippen LogP contribution in [-0.2, 0) is 0 Å². The summed E-state index contributed by atoms with van der Waals surface area (Å²) in [5, 5.41) is 0.264. The second-order valence-electron chi connectivity index (χ2n) is 2.78. The molecule has 0 N–H and O–H groups in total. The van der Waals surface area contributed by atoms with Crippen LogP contribution in [0.2, 0.25) is 5.15 Å². The second kappa shape index (κ2) is 3.27. The first-order valence-corrected chi connectivity index (χ1v) is 4.96. The van der Waals surface area contributed by atoms with E-state index in [0.29, 0.717) is 5.56 Å². The maximum absolute atomic E-state index is 11.6. The van der Waals surface area contributed by atoms with Crippen molar-refractivity contribution in [3.05, 3.63) is 27.5 Å². The Morgan fingerprint density at radius 3 is 2.92 bits per heavy atom. The lowest BCUT2D eigenvalue weighted by molar-refractivity contribution is 0.0885. The highest BCUT2D eigenvalue weighted by Gasteiger charge is 2.27. The average Bonchev–Trinajstić information content (AvgIpc) is 2.91. The summed E-state index contributed by atoms with van der Waals surface area (Å²) < 4.78 is 0.766. The van der Waals surface area contributed by atoms with Crippen LogP contribution < -0.4 is 0 Å². The monoisotopic (exact) mass is 260 g/mol. The standard InChI is InChI=1S/C8H6BrClN2O/c9-5-3-6(7(10)11-4-5)8(13)12-1-2-12/h3-4H,1-2H2. The van der Waals surface area contributed by atoms with E-state index in [4.69, 9.17) is 11.6 Å². The van der Waals surface area contributed by atoms with Gasteiger partial charge in [0, 0.05) is 23.8 Å². The van der Waals surface area contributed by atoms with Crippen molar-refractivity contribution in [3.8, 4) is 0 Å². The van der Waals surface area contributed by atoms with E-state index in [0.717, 1.165) is 17.6 Å². The quantitative estimate of drug-likeness (QED) is 0.572. The molecule has 0 bridgehead atoms. The summed E-state index contributed by atoms with van der Waals surface area (Å²) in [6, 6.07) is 1.69. The maximum Gasteiger partial charge on any atom is 0.257 e. The van der Waals surface area contributed by atoms with E-state index in [1.165, 1.54) is 0 Å². The summed E-state index contributed by atoms with van der Waals surface area (Å²) in [6.45, 7) is 1.64. The van der Waals surface area contributed by atoms with E-state index in [1.54, 1.807) is 17.2 Å². The Bertz CT molecular complexity index is 365. The Labute approximate surface area is 88.8 Å². The summed E-state index contributed by atoms with van der Waals surface area (Å²) in [6.07, 6.45) is 1.57. The van der Waals surface area contributed by atoms with E-state index in [9.17, 15) is 4.79 Å². The lowest BCUT2D eigenvalue weighted by Crippen LogP contribution is -2.11. The predicted molar refractivity (Wildman–Crippen MR) is 52.9 cm³/mol. The van der Waals surface area contributed by atoms with Gasteiger partial charge in [-0.3, -0.25) is 4.79 Å². The van der Waals surface area contributed by atoms with Crippen LogP contribution in [0, 0.1) is 0 Å². The number of hydrogen-bond donors (Lipinski definition) is 0. The van der Waals surface area contributed by atoms with Crippen LogP contribution in [0.4, 0.5) is 0 Å². The molecule has 1 fully saturated rings. The number of carbonyl (C=O) groups is 1. The van der Waals surface area contributed by atoms with Gasteiger partial charge < -0.3 is 4.90 Å². The molecule has 1 aliphatic rings. The smallest absolute Gasteiger partial charge is 0.257 e. The Balaban J connectivity index is 2.37. The Hall–Kier alpha value is -0.610. The van der Waals surface area contributed by atoms with Crippen LogP contribution in [0.3, 0.4) is 0 Å². The SMILES string of the molecule is O=C(c1cc(Br)cnc1Cl)N1CC1. The molecule has 0 atom stereocenters. The maximum atomic E-state index is 11.6. The molecule has 2 rings (SSSR count). The summed E-state index contributed by atoms with van der Waals surface area (Å²) in [7, 11) is 0. The van der Waals surface area contributed by atoms with Crippen molar-refractivity contribution in [2.75, 3.05) is 13.1 Å². The molecule has 0 aromatic carbocycles. The molecule has 13 heavy (non-hydrogen) atoms. The summed E-state index contributed by atoms with van der Waals surface area (Å²) in [5.41, 5.74) is 0.466. The van der Waals surface area contributed by atoms with E-state index in [2.05, 4.69) is 20.9 Å². The highest BCUT2D eigenvalue weighted by Crippen LogP contribution is 2.21. The number of halogens is 2. The molecular weight excluding hydrogens is 255 g/mol. The third-order valence-corrected chi connectivity index (χ3v) is 2.51. The zero-order valence-corrected chi connectivity index (χ0v) is 8.97. The van der Waals surface area contributed by atoms with Crippen LogP contribution >= 0.6 is 27.5 Å². The second-order valence-corrected chi connectivity index (χ2v) is 4.06. The zero-order chi connectivity index (χ0) is 9.42. The van der Waals surface area contributed by atoms with Gasteiger partial charge >= 0.3 is 0 Å². The number of rotatable bonds is 1. The van der Waals surface area contributed by atoms with Gasteiger partial charge in [0.15, 0.2) is 0 Å². The number of pyridine rings is 1. The first kappa shape index (κ1) is 8.97. The Kier molecular flexibility index (Phi) is 2.26. The normalized spacial score (nSPS) is 14.5. The Morgan fingerprint density at radius 1 is 1.62 bits per heavy atom. The molecule has 1 aromatic heterocycles. The van der Waals surface area contributed by atoms with Crippen LogP contribution in [0.25, 0.3) is 0 Å². The zero-order valence-electron chi connectivity index (χ0n) is 6.63. The van der Waals surface area contributed by atoms with Crippen LogP contribution in [0.15, 0.2) is 16.7 Å². The van der Waals surface area contributed by atoms with Gasteiger partial charge in [-0.25, -0.2) is 4.98 Å². The number of nitrogens with zero attached hydrogens (tertiary/aromatic N) is 2. The third kappa shape index (κ3) is 1.84. The van der Waals surface area contributed by atoms with Gasteiger partial charge in [-0.1, -0.05) is 11.6 Å². The number of carbonyl (C=O) groups excluding carboxylic acids is 1. The molecular formula is C8H6BrClN2O. The van der Waals surface area contributed by atoms with E-state index < -0.39 is 0 Å². The minimum Gasteiger partial charge on any atom is -0.335 e. The van der Waals surface area contributed by atoms with Crippen molar-refractivity contribution >= 4 is 33.4 Å². The molecule has 68 valence electrons. The molecule has 0 unspecified atom stereocenters. The molecule has 0 spiro atoms. The highest BCUT2D eigenvalue weighted by molar-refractivity contribution is 9.10. The largest absolute Gasteiger partial charge is 0.335 e. The lowest BCUT2D eigenvalue weighted by Gasteiger charge is -2.03. The Morgan fingerprint density at radius 2 is 2.31 bits per heavy atom. The summed E-state index contributed by atoms with van der Waals surface area (Å²) in [5.74, 6) is -0.0428. The van der Waals surface area contributed by atoms with E-state index >= 15 is 0 Å². The van der Waals surface area contributed by atoms with Crippen molar-refractivity contribution < 1.29 is 4.79 Å². The van der Waals surface area contributed by atoms with Crippen molar-refractivity contribution in [3.63, 3.8) is 0 Å². The molecule has 5 heteroatoms. The highest BCUT2D eigenvalue weighted by atomic mass is 79.9. The van der Waals surface area contributed by atoms with Crippen molar-refractivity contribution in [1.29, 1.82) is 0 Å². The fourth-order valence-corrected chi connectivity index (χ4v) is 1.51. The third-order valence-electron chi connectivity index (χ3n) is 1.77. The van der Waals surface area contributed by atoms with Crippen molar-refractivity contribution in [2.24, 2.45) is 0 Å². The minimum atomic E-state index is -0.0428. The van der Waals surface area contributed by atoms with Gasteiger partial charge in [-0.15, -0.1) is 0 Å². The molecule has 1 aliphatic heterocycles. The molecule has 1 aromatic rings. The van der Waals surface area contributed by atoms with Gasteiger partial charge in [0.1, 0.15) is 5.15 Å². The topological polar surface area (TPSA) is 33.0 Å². The van der Waals surface area contributed by atoms with Crippen molar-refractivity contribution in [2.45, 2.75) is 0 Å². The van der Waals surface area contributed by atoms with E-state index in [-0.39, 0.29) is 11.1 Å². The average molecular weight is 262 g/mol. The van der Waals surface area contributed by atoms with Crippen LogP contribution in [0.5, 0.6) is 0 Å². The fourth-order valence-electron chi connectivity index (χ4n) is 0.996. The molecule has 1 saturated heterocycles.